The summed E-state index contributed by atoms with van der Waals surface area (Å²) in [6, 6.07) is 0. The average molecular weight is 423 g/mol. The second kappa shape index (κ2) is 8.36. The number of aliphatic hydroxyl groups excluding tert-OH is 1. The number of rotatable bonds is 4. The van der Waals surface area contributed by atoms with E-state index in [-0.39, 0.29) is 30.6 Å². The molecule has 3 rings (SSSR count). The summed E-state index contributed by atoms with van der Waals surface area (Å²) in [7, 11) is 0. The molecule has 0 amide bonds. The van der Waals surface area contributed by atoms with Crippen LogP contribution in [0.5, 0.6) is 0 Å². The molecule has 3 fully saturated rings. The molecular weight excluding hydrogens is 384 g/mol. The van der Waals surface area contributed by atoms with Gasteiger partial charge in [-0.25, -0.2) is 0 Å². The second-order valence-electron chi connectivity index (χ2n) is 10.3. The molecule has 2 saturated heterocycles. The van der Waals surface area contributed by atoms with E-state index in [2.05, 4.69) is 20.4 Å². The van der Waals surface area contributed by atoms with E-state index in [4.69, 9.17) is 9.47 Å². The van der Waals surface area contributed by atoms with E-state index in [0.29, 0.717) is 24.7 Å². The van der Waals surface area contributed by atoms with Gasteiger partial charge in [0.05, 0.1) is 6.10 Å². The Bertz CT molecular complexity index is 698. The van der Waals surface area contributed by atoms with E-state index in [1.165, 1.54) is 6.92 Å². The molecule has 170 valence electrons. The summed E-state index contributed by atoms with van der Waals surface area (Å²) in [4.78, 5) is 25.3. The Kier molecular flexibility index (Phi) is 6.53. The van der Waals surface area contributed by atoms with Gasteiger partial charge in [0.25, 0.3) is 0 Å². The Hall–Kier alpha value is -1.24. The van der Waals surface area contributed by atoms with E-state index in [0.717, 1.165) is 18.4 Å². The van der Waals surface area contributed by atoms with Crippen LogP contribution in [0.4, 0.5) is 0 Å². The van der Waals surface area contributed by atoms with Crippen LogP contribution in [-0.4, -0.2) is 51.5 Å². The van der Waals surface area contributed by atoms with Gasteiger partial charge in [0, 0.05) is 24.7 Å². The maximum absolute atomic E-state index is 12.8. The molecular formula is C24H38O6. The van der Waals surface area contributed by atoms with Crippen molar-refractivity contribution in [3.8, 4) is 0 Å². The predicted molar refractivity (Wildman–Crippen MR) is 113 cm³/mol. The van der Waals surface area contributed by atoms with E-state index in [1.807, 2.05) is 13.8 Å². The van der Waals surface area contributed by atoms with Crippen LogP contribution in [0.3, 0.4) is 0 Å². The van der Waals surface area contributed by atoms with Crippen molar-refractivity contribution in [3.63, 3.8) is 0 Å². The van der Waals surface area contributed by atoms with Gasteiger partial charge in [-0.2, -0.15) is 0 Å². The topological polar surface area (TPSA) is 93.1 Å². The van der Waals surface area contributed by atoms with Gasteiger partial charge < -0.3 is 19.7 Å². The standard InChI is InChI=1S/C24H38O6/c1-7-8-17(26)30-23(5)12-11-16(25)24(6,28)21(27)20-18-14(4)9-10-15(13(2)3)19(18)22(23)29-20/h13,15,18-22,27-28H,4,7-12H2,1-3,5-6H3/t15-,18+,19-,20+,21+,22-,23-,24-/m1/s1. The van der Waals surface area contributed by atoms with Gasteiger partial charge in [0.15, 0.2) is 5.78 Å². The van der Waals surface area contributed by atoms with Crippen LogP contribution >= 0.6 is 0 Å². The van der Waals surface area contributed by atoms with Crippen LogP contribution in [-0.2, 0) is 19.1 Å². The van der Waals surface area contributed by atoms with Gasteiger partial charge in [0.2, 0.25) is 0 Å². The van der Waals surface area contributed by atoms with Crippen molar-refractivity contribution in [1.29, 1.82) is 0 Å². The molecule has 6 nitrogen and oxygen atoms in total. The SMILES string of the molecule is C=C1CC[C@H](C(C)C)[C@@H]2[C@H]1[C@@H]1O[C@H]2[C@](C)(OC(=O)CCC)CCC(=O)[C@@](C)(O)[C@H]1O. The highest BCUT2D eigenvalue weighted by Gasteiger charge is 2.63. The van der Waals surface area contributed by atoms with Gasteiger partial charge in [-0.3, -0.25) is 9.59 Å². The molecule has 3 aliphatic rings. The maximum atomic E-state index is 12.8. The zero-order valence-electron chi connectivity index (χ0n) is 19.0. The molecule has 2 aliphatic heterocycles. The highest BCUT2D eigenvalue weighted by molar-refractivity contribution is 5.87. The zero-order valence-corrected chi connectivity index (χ0v) is 19.0. The summed E-state index contributed by atoms with van der Waals surface area (Å²) in [5.41, 5.74) is -1.95. The van der Waals surface area contributed by atoms with E-state index in [1.54, 1.807) is 0 Å². The molecule has 0 aromatic carbocycles. The van der Waals surface area contributed by atoms with E-state index >= 15 is 0 Å². The summed E-state index contributed by atoms with van der Waals surface area (Å²) < 4.78 is 12.5. The summed E-state index contributed by atoms with van der Waals surface area (Å²) in [6.45, 7) is 13.8. The monoisotopic (exact) mass is 422 g/mol. The quantitative estimate of drug-likeness (QED) is 0.534. The molecule has 2 N–H and O–H groups in total. The van der Waals surface area contributed by atoms with Crippen molar-refractivity contribution in [3.05, 3.63) is 12.2 Å². The molecule has 0 aromatic heterocycles. The van der Waals surface area contributed by atoms with Crippen LogP contribution in [0, 0.1) is 23.7 Å². The zero-order chi connectivity index (χ0) is 22.4. The van der Waals surface area contributed by atoms with Crippen LogP contribution in [0.1, 0.15) is 73.1 Å². The Morgan fingerprint density at radius 3 is 2.60 bits per heavy atom. The second-order valence-corrected chi connectivity index (χ2v) is 10.3. The average Bonchev–Trinajstić information content (AvgIpc) is 3.07. The lowest BCUT2D eigenvalue weighted by Crippen LogP contribution is -2.55. The minimum absolute atomic E-state index is 0.00864. The fourth-order valence-electron chi connectivity index (χ4n) is 5.92. The smallest absolute Gasteiger partial charge is 0.306 e. The van der Waals surface area contributed by atoms with Gasteiger partial charge in [-0.05, 0) is 51.4 Å². The Balaban J connectivity index is 2.10. The molecule has 1 saturated carbocycles. The van der Waals surface area contributed by atoms with Crippen molar-refractivity contribution in [2.75, 3.05) is 0 Å². The number of carbonyl (C=O) groups excluding carboxylic acids is 2. The molecule has 2 bridgehead atoms. The Morgan fingerprint density at radius 1 is 1.33 bits per heavy atom. The molecule has 1 aliphatic carbocycles. The fourth-order valence-corrected chi connectivity index (χ4v) is 5.92. The molecule has 0 aromatic rings. The predicted octanol–water partition coefficient (Wildman–Crippen LogP) is 3.19. The molecule has 30 heavy (non-hydrogen) atoms. The lowest BCUT2D eigenvalue weighted by molar-refractivity contribution is -0.187. The van der Waals surface area contributed by atoms with Crippen LogP contribution in [0.25, 0.3) is 0 Å². The van der Waals surface area contributed by atoms with Crippen molar-refractivity contribution in [2.45, 2.75) is 103 Å². The minimum atomic E-state index is -1.92. The van der Waals surface area contributed by atoms with Crippen LogP contribution in [0.15, 0.2) is 12.2 Å². The molecule has 0 radical (unpaired) electrons. The van der Waals surface area contributed by atoms with E-state index < -0.39 is 35.3 Å². The number of ketones is 1. The lowest BCUT2D eigenvalue weighted by atomic mass is 9.60. The highest BCUT2D eigenvalue weighted by Crippen LogP contribution is 2.55. The fraction of sp³-hybridized carbons (Fsp3) is 0.833. The van der Waals surface area contributed by atoms with Gasteiger partial charge in [-0.1, -0.05) is 32.9 Å². The minimum Gasteiger partial charge on any atom is -0.457 e. The highest BCUT2D eigenvalue weighted by atomic mass is 16.6. The van der Waals surface area contributed by atoms with Gasteiger partial charge in [-0.15, -0.1) is 0 Å². The normalized spacial score (nSPS) is 44.3. The molecule has 6 heteroatoms. The Labute approximate surface area is 180 Å². The van der Waals surface area contributed by atoms with Crippen LogP contribution in [0.2, 0.25) is 0 Å². The first-order chi connectivity index (χ1) is 13.9. The third kappa shape index (κ3) is 3.87. The molecule has 0 spiro atoms. The number of hydrogen-bond donors (Lipinski definition) is 2. The summed E-state index contributed by atoms with van der Waals surface area (Å²) >= 11 is 0. The third-order valence-electron chi connectivity index (χ3n) is 7.75. The number of ether oxygens (including phenoxy) is 2. The number of carbonyl (C=O) groups is 2. The van der Waals surface area contributed by atoms with Crippen molar-refractivity contribution >= 4 is 11.8 Å². The van der Waals surface area contributed by atoms with Crippen LogP contribution < -0.4 is 0 Å². The summed E-state index contributed by atoms with van der Waals surface area (Å²) in [6.07, 6.45) is 0.448. The lowest BCUT2D eigenvalue weighted by Gasteiger charge is -2.45. The first-order valence-corrected chi connectivity index (χ1v) is 11.4. The maximum Gasteiger partial charge on any atom is 0.306 e. The van der Waals surface area contributed by atoms with Crippen molar-refractivity contribution < 1.29 is 29.3 Å². The first-order valence-electron chi connectivity index (χ1n) is 11.4. The Morgan fingerprint density at radius 2 is 2.00 bits per heavy atom. The number of fused-ring (bicyclic) bond motifs is 5. The molecule has 8 atom stereocenters. The number of aliphatic hydroxyl groups is 2. The van der Waals surface area contributed by atoms with Crippen molar-refractivity contribution in [1.82, 2.24) is 0 Å². The molecule has 0 unspecified atom stereocenters. The van der Waals surface area contributed by atoms with Gasteiger partial charge >= 0.3 is 5.97 Å². The third-order valence-corrected chi connectivity index (χ3v) is 7.75. The largest absolute Gasteiger partial charge is 0.457 e. The molecule has 2 heterocycles. The van der Waals surface area contributed by atoms with Gasteiger partial charge in [0.1, 0.15) is 23.4 Å². The summed E-state index contributed by atoms with van der Waals surface area (Å²) in [5.74, 6) is -0.247. The first kappa shape index (κ1) is 23.4. The van der Waals surface area contributed by atoms with E-state index in [9.17, 15) is 19.8 Å². The number of esters is 1. The number of Topliss-reactive ketones (excluding diaryl/α,β-unsaturated/α-hetero) is 1. The van der Waals surface area contributed by atoms with Crippen molar-refractivity contribution in [2.24, 2.45) is 23.7 Å². The number of hydrogen-bond acceptors (Lipinski definition) is 6. The summed E-state index contributed by atoms with van der Waals surface area (Å²) in [5, 5.41) is 22.0.